The van der Waals surface area contributed by atoms with Crippen molar-refractivity contribution in [1.29, 1.82) is 0 Å². The van der Waals surface area contributed by atoms with Gasteiger partial charge in [0.1, 0.15) is 0 Å². The zero-order valence-electron chi connectivity index (χ0n) is 11.1. The molecule has 2 aliphatic rings. The fourth-order valence-electron chi connectivity index (χ4n) is 2.30. The van der Waals surface area contributed by atoms with Crippen molar-refractivity contribution in [2.45, 2.75) is 39.8 Å². The van der Waals surface area contributed by atoms with Gasteiger partial charge in [-0.1, -0.05) is 13.8 Å². The van der Waals surface area contributed by atoms with Crippen LogP contribution in [0.5, 0.6) is 0 Å². The van der Waals surface area contributed by atoms with E-state index in [1.807, 2.05) is 13.8 Å². The summed E-state index contributed by atoms with van der Waals surface area (Å²) >= 11 is 0. The molecule has 3 heterocycles. The lowest BCUT2D eigenvalue weighted by atomic mass is 10.1. The highest BCUT2D eigenvalue weighted by Gasteiger charge is 2.20. The summed E-state index contributed by atoms with van der Waals surface area (Å²) in [6.07, 6.45) is 2.09. The average Bonchev–Trinajstić information content (AvgIpc) is 2.38. The van der Waals surface area contributed by atoms with Gasteiger partial charge in [0.05, 0.1) is 22.8 Å². The molecule has 0 amide bonds. The molecule has 2 aliphatic heterocycles. The zero-order valence-corrected chi connectivity index (χ0v) is 11.1. The molecule has 0 spiro atoms. The summed E-state index contributed by atoms with van der Waals surface area (Å²) in [6.45, 7) is 7.99. The number of hydrogen-bond acceptors (Lipinski definition) is 4. The van der Waals surface area contributed by atoms with Gasteiger partial charge in [0, 0.05) is 39.0 Å². The first kappa shape index (κ1) is 12.5. The van der Waals surface area contributed by atoms with Gasteiger partial charge in [0.15, 0.2) is 0 Å². The van der Waals surface area contributed by atoms with Crippen molar-refractivity contribution in [3.63, 3.8) is 0 Å². The second-order valence-electron chi connectivity index (χ2n) is 4.42. The first-order valence-electron chi connectivity index (χ1n) is 6.60. The van der Waals surface area contributed by atoms with E-state index in [1.165, 1.54) is 17.1 Å². The lowest BCUT2D eigenvalue weighted by Gasteiger charge is -2.26. The van der Waals surface area contributed by atoms with Crippen molar-refractivity contribution in [3.05, 3.63) is 22.8 Å². The molecule has 0 radical (unpaired) electrons. The highest BCUT2D eigenvalue weighted by molar-refractivity contribution is 5.24. The predicted octanol–water partition coefficient (Wildman–Crippen LogP) is 1.14. The van der Waals surface area contributed by atoms with Gasteiger partial charge in [-0.05, 0) is 7.05 Å². The number of nitrogens with zero attached hydrogens (tertiary/aromatic N) is 3. The SMILES string of the molecule is CC.CN1CCc2nc3c(nc2C1)CNCC3. The quantitative estimate of drug-likeness (QED) is 0.731. The summed E-state index contributed by atoms with van der Waals surface area (Å²) < 4.78 is 0. The topological polar surface area (TPSA) is 41.1 Å². The number of rotatable bonds is 0. The molecule has 0 aromatic carbocycles. The van der Waals surface area contributed by atoms with E-state index in [2.05, 4.69) is 17.3 Å². The van der Waals surface area contributed by atoms with Crippen LogP contribution in [0.3, 0.4) is 0 Å². The maximum Gasteiger partial charge on any atom is 0.0763 e. The van der Waals surface area contributed by atoms with Gasteiger partial charge in [-0.2, -0.15) is 0 Å². The van der Waals surface area contributed by atoms with E-state index in [1.54, 1.807) is 0 Å². The Morgan fingerprint density at radius 3 is 2.53 bits per heavy atom. The molecule has 94 valence electrons. The summed E-state index contributed by atoms with van der Waals surface area (Å²) in [7, 11) is 2.14. The van der Waals surface area contributed by atoms with Crippen LogP contribution in [0.15, 0.2) is 0 Å². The van der Waals surface area contributed by atoms with E-state index < -0.39 is 0 Å². The minimum atomic E-state index is 0.888. The molecule has 3 rings (SSSR count). The molecule has 0 unspecified atom stereocenters. The van der Waals surface area contributed by atoms with Gasteiger partial charge in [-0.15, -0.1) is 0 Å². The molecule has 17 heavy (non-hydrogen) atoms. The van der Waals surface area contributed by atoms with Crippen LogP contribution in [0.4, 0.5) is 0 Å². The first-order valence-corrected chi connectivity index (χ1v) is 6.60. The van der Waals surface area contributed by atoms with Crippen LogP contribution in [0.2, 0.25) is 0 Å². The number of nitrogens with one attached hydrogen (secondary N) is 1. The van der Waals surface area contributed by atoms with E-state index in [0.717, 1.165) is 44.7 Å². The van der Waals surface area contributed by atoms with Crippen molar-refractivity contribution in [1.82, 2.24) is 20.2 Å². The van der Waals surface area contributed by atoms with Crippen LogP contribution >= 0.6 is 0 Å². The maximum absolute atomic E-state index is 4.76. The molecule has 0 saturated carbocycles. The maximum atomic E-state index is 4.76. The van der Waals surface area contributed by atoms with Crippen LogP contribution in [-0.4, -0.2) is 35.0 Å². The van der Waals surface area contributed by atoms with Gasteiger partial charge < -0.3 is 10.2 Å². The van der Waals surface area contributed by atoms with Gasteiger partial charge in [-0.3, -0.25) is 9.97 Å². The van der Waals surface area contributed by atoms with Crippen molar-refractivity contribution < 1.29 is 0 Å². The smallest absolute Gasteiger partial charge is 0.0763 e. The van der Waals surface area contributed by atoms with Crippen molar-refractivity contribution in [2.75, 3.05) is 20.1 Å². The minimum absolute atomic E-state index is 0.888. The zero-order chi connectivity index (χ0) is 12.3. The molecule has 0 aliphatic carbocycles. The summed E-state index contributed by atoms with van der Waals surface area (Å²) in [5.74, 6) is 0. The number of aromatic nitrogens is 2. The second-order valence-corrected chi connectivity index (χ2v) is 4.42. The Labute approximate surface area is 103 Å². The molecule has 4 nitrogen and oxygen atoms in total. The fraction of sp³-hybridized carbons (Fsp3) is 0.692. The standard InChI is InChI=1S/C11H16N4.C2H6/c1-15-5-3-9-11(7-15)14-10-6-12-4-2-8(10)13-9;1-2/h12H,2-7H2,1H3;1-2H3. The lowest BCUT2D eigenvalue weighted by molar-refractivity contribution is 0.302. The Kier molecular flexibility index (Phi) is 4.07. The molecule has 1 aromatic heterocycles. The van der Waals surface area contributed by atoms with Crippen LogP contribution in [0, 0.1) is 0 Å². The lowest BCUT2D eigenvalue weighted by Crippen LogP contribution is -2.32. The van der Waals surface area contributed by atoms with E-state index in [0.29, 0.717) is 0 Å². The van der Waals surface area contributed by atoms with E-state index in [4.69, 9.17) is 9.97 Å². The molecule has 1 N–H and O–H groups in total. The number of fused-ring (bicyclic) bond motifs is 2. The summed E-state index contributed by atoms with van der Waals surface area (Å²) in [6, 6.07) is 0. The highest BCUT2D eigenvalue weighted by atomic mass is 15.1. The van der Waals surface area contributed by atoms with Gasteiger partial charge in [0.2, 0.25) is 0 Å². The monoisotopic (exact) mass is 234 g/mol. The van der Waals surface area contributed by atoms with Gasteiger partial charge in [-0.25, -0.2) is 0 Å². The Bertz CT molecular complexity index is 389. The average molecular weight is 234 g/mol. The molecule has 1 aromatic rings. The molecular weight excluding hydrogens is 212 g/mol. The molecule has 0 fully saturated rings. The highest BCUT2D eigenvalue weighted by Crippen LogP contribution is 2.18. The third-order valence-electron chi connectivity index (χ3n) is 3.19. The Balaban J connectivity index is 0.000000514. The number of likely N-dealkylation sites (N-methyl/N-ethyl adjacent to an activating group) is 1. The van der Waals surface area contributed by atoms with Crippen LogP contribution in [-0.2, 0) is 25.9 Å². The predicted molar refractivity (Wildman–Crippen MR) is 68.8 cm³/mol. The third kappa shape index (κ3) is 2.64. The van der Waals surface area contributed by atoms with Crippen LogP contribution < -0.4 is 5.32 Å². The second kappa shape index (κ2) is 5.56. The normalized spacial score (nSPS) is 18.8. The number of hydrogen-bond donors (Lipinski definition) is 1. The summed E-state index contributed by atoms with van der Waals surface area (Å²) in [5.41, 5.74) is 4.80. The van der Waals surface area contributed by atoms with Crippen LogP contribution in [0.1, 0.15) is 36.6 Å². The summed E-state index contributed by atoms with van der Waals surface area (Å²) in [5, 5.41) is 3.34. The Morgan fingerprint density at radius 1 is 1.00 bits per heavy atom. The minimum Gasteiger partial charge on any atom is -0.311 e. The molecule has 0 saturated heterocycles. The van der Waals surface area contributed by atoms with Gasteiger partial charge >= 0.3 is 0 Å². The fourth-order valence-corrected chi connectivity index (χ4v) is 2.30. The molecule has 0 bridgehead atoms. The van der Waals surface area contributed by atoms with Crippen molar-refractivity contribution in [2.24, 2.45) is 0 Å². The largest absolute Gasteiger partial charge is 0.311 e. The third-order valence-corrected chi connectivity index (χ3v) is 3.19. The molecular formula is C13H22N4. The van der Waals surface area contributed by atoms with Crippen molar-refractivity contribution in [3.8, 4) is 0 Å². The van der Waals surface area contributed by atoms with Crippen molar-refractivity contribution >= 4 is 0 Å². The molecule has 0 atom stereocenters. The van der Waals surface area contributed by atoms with E-state index >= 15 is 0 Å². The molecule has 4 heteroatoms. The Hall–Kier alpha value is -1.00. The van der Waals surface area contributed by atoms with Crippen LogP contribution in [0.25, 0.3) is 0 Å². The first-order chi connectivity index (χ1) is 8.33. The Morgan fingerprint density at radius 2 is 1.71 bits per heavy atom. The van der Waals surface area contributed by atoms with E-state index in [9.17, 15) is 0 Å². The summed E-state index contributed by atoms with van der Waals surface area (Å²) in [4.78, 5) is 11.8. The van der Waals surface area contributed by atoms with Gasteiger partial charge in [0.25, 0.3) is 0 Å². The van der Waals surface area contributed by atoms with E-state index in [-0.39, 0.29) is 0 Å².